The molecule has 2 aliphatic rings. The summed E-state index contributed by atoms with van der Waals surface area (Å²) in [5.74, 6) is 1.70. The summed E-state index contributed by atoms with van der Waals surface area (Å²) >= 11 is 1.83. The molecule has 0 bridgehead atoms. The van der Waals surface area contributed by atoms with Gasteiger partial charge in [-0.25, -0.2) is 0 Å². The van der Waals surface area contributed by atoms with Gasteiger partial charge in [-0.15, -0.1) is 11.3 Å². The topological polar surface area (TPSA) is 25.6 Å². The van der Waals surface area contributed by atoms with E-state index in [0.29, 0.717) is 0 Å². The molecule has 0 saturated carbocycles. The minimum atomic E-state index is -0.659. The maximum Gasteiger partial charge on any atom is 0.137 e. The van der Waals surface area contributed by atoms with Crippen LogP contribution in [-0.2, 0) is 5.41 Å². The van der Waals surface area contributed by atoms with Crippen LogP contribution in [0.2, 0.25) is 0 Å². The van der Waals surface area contributed by atoms with Crippen LogP contribution < -0.4 is 9.64 Å². The van der Waals surface area contributed by atoms with Gasteiger partial charge in [-0.1, -0.05) is 164 Å². The fourth-order valence-corrected chi connectivity index (χ4v) is 11.9. The van der Waals surface area contributed by atoms with E-state index in [-0.39, 0.29) is 0 Å². The largest absolute Gasteiger partial charge is 0.457 e. The number of furan rings is 1. The Bertz CT molecular complexity index is 3960. The molecule has 0 N–H and O–H groups in total. The first-order valence-corrected chi connectivity index (χ1v) is 23.3. The van der Waals surface area contributed by atoms with Crippen LogP contribution in [-0.4, -0.2) is 0 Å². The van der Waals surface area contributed by atoms with Crippen LogP contribution >= 0.6 is 11.3 Å². The molecular formula is C62H41NO2S. The lowest BCUT2D eigenvalue weighted by Gasteiger charge is -2.41. The molecule has 1 unspecified atom stereocenters. The molecule has 66 heavy (non-hydrogen) atoms. The Kier molecular flexibility index (Phi) is 8.84. The second-order valence-electron chi connectivity index (χ2n) is 17.0. The van der Waals surface area contributed by atoms with E-state index in [1.807, 2.05) is 17.4 Å². The first kappa shape index (κ1) is 38.3. The predicted octanol–water partition coefficient (Wildman–Crippen LogP) is 17.8. The zero-order valence-electron chi connectivity index (χ0n) is 36.1. The van der Waals surface area contributed by atoms with Gasteiger partial charge in [0.1, 0.15) is 22.7 Å². The van der Waals surface area contributed by atoms with Crippen molar-refractivity contribution in [1.82, 2.24) is 0 Å². The molecule has 13 rings (SSSR count). The van der Waals surface area contributed by atoms with Gasteiger partial charge in [0, 0.05) is 37.0 Å². The molecule has 0 saturated heterocycles. The zero-order chi connectivity index (χ0) is 43.8. The molecule has 0 amide bonds. The molecule has 1 aliphatic heterocycles. The minimum Gasteiger partial charge on any atom is -0.457 e. The Balaban J connectivity index is 1.19. The lowest BCUT2D eigenvalue weighted by molar-refractivity contribution is 0.436. The van der Waals surface area contributed by atoms with Crippen LogP contribution in [0.5, 0.6) is 11.5 Å². The van der Waals surface area contributed by atoms with Gasteiger partial charge in [0.25, 0.3) is 0 Å². The van der Waals surface area contributed by atoms with Gasteiger partial charge in [0.2, 0.25) is 0 Å². The molecule has 3 heterocycles. The van der Waals surface area contributed by atoms with Gasteiger partial charge in [-0.2, -0.15) is 0 Å². The van der Waals surface area contributed by atoms with Crippen molar-refractivity contribution >= 4 is 98.1 Å². The van der Waals surface area contributed by atoms with Gasteiger partial charge >= 0.3 is 0 Å². The maximum absolute atomic E-state index is 6.96. The number of anilines is 3. The molecule has 11 aromatic rings. The van der Waals surface area contributed by atoms with Crippen LogP contribution in [0.3, 0.4) is 0 Å². The first-order valence-electron chi connectivity index (χ1n) is 22.5. The lowest BCUT2D eigenvalue weighted by Crippen LogP contribution is -2.33. The quantitative estimate of drug-likeness (QED) is 0.161. The molecule has 4 heteroatoms. The van der Waals surface area contributed by atoms with E-state index in [1.165, 1.54) is 53.0 Å². The third-order valence-electron chi connectivity index (χ3n) is 13.5. The number of ether oxygens (including phenoxy) is 1. The highest BCUT2D eigenvalue weighted by Gasteiger charge is 2.49. The van der Waals surface area contributed by atoms with Crippen molar-refractivity contribution < 1.29 is 9.15 Å². The van der Waals surface area contributed by atoms with Crippen molar-refractivity contribution in [2.24, 2.45) is 0 Å². The molecule has 0 fully saturated rings. The Hall–Kier alpha value is -8.18. The van der Waals surface area contributed by atoms with Crippen LogP contribution in [0.15, 0.2) is 234 Å². The molecule has 9 aromatic carbocycles. The monoisotopic (exact) mass is 863 g/mol. The van der Waals surface area contributed by atoms with Crippen molar-refractivity contribution in [2.75, 3.05) is 4.90 Å². The summed E-state index contributed by atoms with van der Waals surface area (Å²) < 4.78 is 16.0. The number of nitrogens with zero attached hydrogens (tertiary/aromatic N) is 1. The van der Waals surface area contributed by atoms with Crippen molar-refractivity contribution in [3.63, 3.8) is 0 Å². The smallest absolute Gasteiger partial charge is 0.137 e. The lowest BCUT2D eigenvalue weighted by atomic mass is 9.65. The third-order valence-corrected chi connectivity index (χ3v) is 14.6. The van der Waals surface area contributed by atoms with E-state index < -0.39 is 5.41 Å². The van der Waals surface area contributed by atoms with Crippen LogP contribution in [0.4, 0.5) is 17.1 Å². The summed E-state index contributed by atoms with van der Waals surface area (Å²) in [5, 5.41) is 9.28. The normalized spacial score (nSPS) is 15.2. The van der Waals surface area contributed by atoms with Gasteiger partial charge in [-0.05, 0) is 117 Å². The molecule has 3 nitrogen and oxygen atoms in total. The van der Waals surface area contributed by atoms with Crippen molar-refractivity contribution in [1.29, 1.82) is 0 Å². The molecule has 0 radical (unpaired) electrons. The Morgan fingerprint density at radius 2 is 1.08 bits per heavy atom. The first-order chi connectivity index (χ1) is 32.7. The summed E-state index contributed by atoms with van der Waals surface area (Å²) in [7, 11) is 0. The zero-order valence-corrected chi connectivity index (χ0v) is 36.9. The fourth-order valence-electron chi connectivity index (χ4n) is 10.8. The summed E-state index contributed by atoms with van der Waals surface area (Å²) in [6.07, 6.45) is 11.0. The minimum absolute atomic E-state index is 0.659. The van der Waals surface area contributed by atoms with Gasteiger partial charge < -0.3 is 14.1 Å². The van der Waals surface area contributed by atoms with Crippen LogP contribution in [0.25, 0.3) is 69.7 Å². The van der Waals surface area contributed by atoms with Crippen LogP contribution in [0, 0.1) is 0 Å². The SMILES string of the molecule is C/C=C\C=C/C1=Cc2ccccc2C12c1ccccc1Oc1ccc(N(c3cccc4oc5ccccc5c34)c3cccc4sc5ccccc5c5ccccc5c5ccccc5c34)cc12. The molecular weight excluding hydrogens is 823 g/mol. The second kappa shape index (κ2) is 15.2. The number of hydrogen-bond acceptors (Lipinski definition) is 4. The van der Waals surface area contributed by atoms with Crippen molar-refractivity contribution in [2.45, 2.75) is 12.3 Å². The summed E-state index contributed by atoms with van der Waals surface area (Å²) in [5.41, 5.74) is 9.95. The number of rotatable bonds is 5. The Labute approximate surface area is 386 Å². The van der Waals surface area contributed by atoms with E-state index in [1.54, 1.807) is 0 Å². The fraction of sp³-hybridized carbons (Fsp3) is 0.0323. The molecule has 312 valence electrons. The Morgan fingerprint density at radius 3 is 1.91 bits per heavy atom. The molecule has 1 atom stereocenters. The van der Waals surface area contributed by atoms with E-state index in [2.05, 4.69) is 236 Å². The van der Waals surface area contributed by atoms with Crippen molar-refractivity contribution in [3.8, 4) is 11.5 Å². The Morgan fingerprint density at radius 1 is 0.470 bits per heavy atom. The maximum atomic E-state index is 6.96. The summed E-state index contributed by atoms with van der Waals surface area (Å²) in [6, 6.07) is 72.5. The summed E-state index contributed by atoms with van der Waals surface area (Å²) in [6.45, 7) is 2.06. The highest BCUT2D eigenvalue weighted by Crippen LogP contribution is 2.60. The number of benzene rings is 9. The van der Waals surface area contributed by atoms with E-state index in [0.717, 1.165) is 67.0 Å². The number of hydrogen-bond donors (Lipinski definition) is 0. The van der Waals surface area contributed by atoms with E-state index >= 15 is 0 Å². The van der Waals surface area contributed by atoms with Crippen LogP contribution in [0.1, 0.15) is 29.2 Å². The second-order valence-corrected chi connectivity index (χ2v) is 18.1. The molecule has 1 aliphatic carbocycles. The highest BCUT2D eigenvalue weighted by atomic mass is 32.1. The molecule has 2 aromatic heterocycles. The number of allylic oxidation sites excluding steroid dienone is 5. The average molecular weight is 864 g/mol. The van der Waals surface area contributed by atoms with Gasteiger partial charge in [0.05, 0.1) is 22.2 Å². The van der Waals surface area contributed by atoms with E-state index in [9.17, 15) is 0 Å². The average Bonchev–Trinajstić information content (AvgIpc) is 3.92. The predicted molar refractivity (Wildman–Crippen MR) is 279 cm³/mol. The van der Waals surface area contributed by atoms with Crippen molar-refractivity contribution in [3.05, 3.63) is 252 Å². The standard InChI is InChI=1S/C62H41NO2S/c1-2-3-4-20-41-38-40-19-5-12-27-49(40)62(41)50-28-13-15-32-55(50)65-56-37-36-42(39-51(56)62)63(52-29-17-33-57-60(52)48-26-10-14-31-54(48)64-57)53-30-18-35-59-61(53)47-25-9-8-23-45(47)43-21-6-7-22-44(43)46-24-11-16-34-58(46)66-59/h2-39H,1H3/b3-2-,20-4-. The number of para-hydroxylation sites is 2. The van der Waals surface area contributed by atoms with Gasteiger partial charge in [0.15, 0.2) is 0 Å². The number of fused-ring (bicyclic) bond motifs is 16. The summed E-state index contributed by atoms with van der Waals surface area (Å²) in [4.78, 5) is 2.48. The highest BCUT2D eigenvalue weighted by molar-refractivity contribution is 7.24. The molecule has 1 spiro atoms. The van der Waals surface area contributed by atoms with E-state index in [4.69, 9.17) is 9.15 Å². The third kappa shape index (κ3) is 5.68. The van der Waals surface area contributed by atoms with Gasteiger partial charge in [-0.3, -0.25) is 0 Å².